The zero-order valence-corrected chi connectivity index (χ0v) is 28.3. The van der Waals surface area contributed by atoms with E-state index in [4.69, 9.17) is 29.1 Å². The third kappa shape index (κ3) is 4.86. The molecule has 266 valence electrons. The van der Waals surface area contributed by atoms with Crippen LogP contribution >= 0.6 is 0 Å². The summed E-state index contributed by atoms with van der Waals surface area (Å²) in [5.74, 6) is 0. The maximum Gasteiger partial charge on any atom is 0.136 e. The minimum atomic E-state index is -1.18. The van der Waals surface area contributed by atoms with Crippen molar-refractivity contribution in [3.05, 3.63) is 205 Å². The van der Waals surface area contributed by atoms with Gasteiger partial charge in [0, 0.05) is 43.6 Å². The molecule has 0 saturated heterocycles. The molecule has 0 unspecified atom stereocenters. The lowest BCUT2D eigenvalue weighted by molar-refractivity contribution is 0.669. The van der Waals surface area contributed by atoms with Gasteiger partial charge in [-0.2, -0.15) is 0 Å². The quantitative estimate of drug-likeness (QED) is 0.171. The van der Waals surface area contributed by atoms with Crippen LogP contribution in [0.25, 0.3) is 110 Å². The van der Waals surface area contributed by atoms with Gasteiger partial charge in [0.2, 0.25) is 0 Å². The lowest BCUT2D eigenvalue weighted by Gasteiger charge is -2.15. The summed E-state index contributed by atoms with van der Waals surface area (Å²) in [4.78, 5) is 0. The Hall–Kier alpha value is -7.62. The Kier molecular flexibility index (Phi) is 2.84. The third-order valence-electron chi connectivity index (χ3n) is 9.24. The molecule has 0 aliphatic rings. The first kappa shape index (κ1) is 13.0. The zero-order chi connectivity index (χ0) is 67.0. The number of para-hydroxylation sites is 3. The number of benzene rings is 9. The molecule has 0 amide bonds. The van der Waals surface area contributed by atoms with Crippen LogP contribution in [0, 0.1) is 0 Å². The molecule has 3 nitrogen and oxygen atoms in total. The predicted molar refractivity (Wildman–Crippen MR) is 239 cm³/mol. The van der Waals surface area contributed by atoms with Crippen LogP contribution in [0.4, 0.5) is 0 Å². The van der Waals surface area contributed by atoms with Crippen molar-refractivity contribution in [2.45, 2.75) is 0 Å². The van der Waals surface area contributed by atoms with Crippen molar-refractivity contribution in [3.63, 3.8) is 0 Å². The number of aromatic nitrogens is 2. The Labute approximate surface area is 376 Å². The molecule has 0 spiro atoms. The molecule has 0 aliphatic carbocycles. The SMILES string of the molecule is [2H]c1c([2H])c([2H])c(-c2c([2H])c([2H])c([2H])c(-n3c4c([2H])c([2H])c([2H])c([2H])c4c4c([2H])c(-c5c([2H])c([2H])c6c(c5[2H])c5c([2H])c([2H])c([2H])c([2H])c5n6-c5c([2H])c([2H])c6oc7c([2H])c([2H])c([2H])c([2H])c7c6c5-c5c([2H])c([2H])c([2H])c([2H])c5[2H])c([2H])c([2H])c43)c2[2H])c([2H])c1[2H]. The van der Waals surface area contributed by atoms with E-state index < -0.39 is 316 Å². The van der Waals surface area contributed by atoms with Gasteiger partial charge < -0.3 is 13.6 Å². The smallest absolute Gasteiger partial charge is 0.136 e. The van der Waals surface area contributed by atoms with Crippen molar-refractivity contribution in [3.8, 4) is 44.8 Å². The van der Waals surface area contributed by atoms with Crippen molar-refractivity contribution < 1.29 is 51.0 Å². The van der Waals surface area contributed by atoms with Gasteiger partial charge in [0.15, 0.2) is 0 Å². The highest BCUT2D eigenvalue weighted by molar-refractivity contribution is 6.17. The van der Waals surface area contributed by atoms with Gasteiger partial charge in [-0.05, 0) is 94.3 Å². The minimum absolute atomic E-state index is 0.573. The van der Waals surface area contributed by atoms with Crippen LogP contribution in [0.1, 0.15) is 46.6 Å². The predicted octanol–water partition coefficient (Wildman–Crippen LogP) is 14.8. The molecule has 0 bridgehead atoms. The van der Waals surface area contributed by atoms with Crippen LogP contribution in [0.5, 0.6) is 0 Å². The summed E-state index contributed by atoms with van der Waals surface area (Å²) in [5, 5.41) is -4.09. The summed E-state index contributed by atoms with van der Waals surface area (Å²) < 4.78 is 317. The molecule has 57 heavy (non-hydrogen) atoms. The maximum absolute atomic E-state index is 10.1. The molecular formula is C54H34N2O. The summed E-state index contributed by atoms with van der Waals surface area (Å²) in [6, 6.07) is -34.1. The van der Waals surface area contributed by atoms with Gasteiger partial charge in [0.1, 0.15) is 11.2 Å². The van der Waals surface area contributed by atoms with E-state index in [1.54, 1.807) is 0 Å². The van der Waals surface area contributed by atoms with Crippen LogP contribution in [0.3, 0.4) is 0 Å². The summed E-state index contributed by atoms with van der Waals surface area (Å²) in [7, 11) is 0. The second kappa shape index (κ2) is 12.5. The first-order valence-corrected chi connectivity index (χ1v) is 16.7. The first-order valence-electron chi connectivity index (χ1n) is 33.7. The number of fused-ring (bicyclic) bond motifs is 9. The van der Waals surface area contributed by atoms with Gasteiger partial charge in [-0.25, -0.2) is 0 Å². The number of hydrogen-bond donors (Lipinski definition) is 0. The topological polar surface area (TPSA) is 23.0 Å². The molecule has 0 atom stereocenters. The van der Waals surface area contributed by atoms with Crippen LogP contribution in [-0.4, -0.2) is 9.13 Å². The van der Waals surface area contributed by atoms with Gasteiger partial charge in [0.05, 0.1) is 74.4 Å². The maximum atomic E-state index is 10.1. The highest BCUT2D eigenvalue weighted by Crippen LogP contribution is 2.44. The first-order chi connectivity index (χ1) is 42.4. The van der Waals surface area contributed by atoms with Crippen molar-refractivity contribution in [1.82, 2.24) is 9.13 Å². The van der Waals surface area contributed by atoms with Gasteiger partial charge in [-0.15, -0.1) is 0 Å². The van der Waals surface area contributed by atoms with Crippen LogP contribution in [0.15, 0.2) is 210 Å². The number of hydrogen-bond acceptors (Lipinski definition) is 1. The zero-order valence-electron chi connectivity index (χ0n) is 62.3. The monoisotopic (exact) mass is 760 g/mol. The summed E-state index contributed by atoms with van der Waals surface area (Å²) >= 11 is 0. The molecule has 9 aromatic carbocycles. The fourth-order valence-corrected chi connectivity index (χ4v) is 6.90. The number of nitrogens with zero attached hydrogens (tertiary/aromatic N) is 2. The molecule has 0 radical (unpaired) electrons. The third-order valence-corrected chi connectivity index (χ3v) is 9.24. The van der Waals surface area contributed by atoms with E-state index in [0.29, 0.717) is 9.13 Å². The van der Waals surface area contributed by atoms with Gasteiger partial charge in [0.25, 0.3) is 0 Å². The number of furan rings is 1. The molecular weight excluding hydrogens is 693 g/mol. The van der Waals surface area contributed by atoms with Crippen molar-refractivity contribution >= 4 is 65.6 Å². The Morgan fingerprint density at radius 2 is 0.860 bits per heavy atom. The van der Waals surface area contributed by atoms with Crippen LogP contribution < -0.4 is 0 Å². The second-order valence-electron chi connectivity index (χ2n) is 12.3. The lowest BCUT2D eigenvalue weighted by atomic mass is 9.97. The van der Waals surface area contributed by atoms with Crippen LogP contribution in [0.2, 0.25) is 0 Å². The fraction of sp³-hybridized carbons (Fsp3) is 0. The molecule has 0 fully saturated rings. The standard InChI is InChI=1S/C54H34N2O/c1-3-14-35(15-4-1)37-18-13-19-40(32-37)55-46-23-10-7-20-41(46)44-33-38(26-28-48(44)55)39-27-29-49-45(34-39)42-21-8-11-24-47(42)56(49)50-30-31-52-54(43-22-9-12-25-51(43)57-52)53(50)36-16-5-2-6-17-36/h1-34H/i1D,2D,3D,4D,5D,6D,7D,8D,9D,10D,11D,12D,13D,14D,15D,16D,17D,18D,19D,20D,21D,22D,23D,24D,25D,26D,27D,28D,29D,30D,31D,32D,33D,34D. The average molecular weight is 761 g/mol. The van der Waals surface area contributed by atoms with E-state index in [2.05, 4.69) is 0 Å². The molecule has 3 aromatic heterocycles. The normalized spacial score (nSPS) is 20.2. The Balaban J connectivity index is 1.30. The van der Waals surface area contributed by atoms with E-state index >= 15 is 0 Å². The minimum Gasteiger partial charge on any atom is -0.456 e. The summed E-state index contributed by atoms with van der Waals surface area (Å²) in [5.41, 5.74) is -11.4. The second-order valence-corrected chi connectivity index (χ2v) is 12.3. The summed E-state index contributed by atoms with van der Waals surface area (Å²) in [6.07, 6.45) is 0. The molecule has 12 rings (SSSR count). The molecule has 0 aliphatic heterocycles. The van der Waals surface area contributed by atoms with E-state index in [1.165, 1.54) is 0 Å². The van der Waals surface area contributed by atoms with Gasteiger partial charge in [-0.1, -0.05) is 139 Å². The van der Waals surface area contributed by atoms with E-state index in [-0.39, 0.29) is 0 Å². The van der Waals surface area contributed by atoms with Gasteiger partial charge in [-0.3, -0.25) is 0 Å². The lowest BCUT2D eigenvalue weighted by Crippen LogP contribution is -1.98. The van der Waals surface area contributed by atoms with Crippen molar-refractivity contribution in [2.24, 2.45) is 0 Å². The van der Waals surface area contributed by atoms with E-state index in [0.717, 1.165) is 0 Å². The van der Waals surface area contributed by atoms with Crippen LogP contribution in [-0.2, 0) is 0 Å². The molecule has 0 N–H and O–H groups in total. The molecule has 3 heterocycles. The van der Waals surface area contributed by atoms with E-state index in [1.807, 2.05) is 0 Å². The van der Waals surface area contributed by atoms with Crippen molar-refractivity contribution in [1.29, 1.82) is 0 Å². The molecule has 0 saturated carbocycles. The van der Waals surface area contributed by atoms with E-state index in [9.17, 15) is 21.9 Å². The highest BCUT2D eigenvalue weighted by Gasteiger charge is 2.21. The highest BCUT2D eigenvalue weighted by atomic mass is 16.3. The molecule has 12 aromatic rings. The average Bonchev–Trinajstić information content (AvgIpc) is 1.53. The Morgan fingerprint density at radius 1 is 0.333 bits per heavy atom. The fourth-order valence-electron chi connectivity index (χ4n) is 6.90. The van der Waals surface area contributed by atoms with Crippen molar-refractivity contribution in [2.75, 3.05) is 0 Å². The Bertz CT molecular complexity index is 5470. The Morgan fingerprint density at radius 3 is 1.56 bits per heavy atom. The summed E-state index contributed by atoms with van der Waals surface area (Å²) in [6.45, 7) is 0. The van der Waals surface area contributed by atoms with Gasteiger partial charge >= 0.3 is 0 Å². The molecule has 3 heteroatoms. The number of rotatable bonds is 5. The largest absolute Gasteiger partial charge is 0.456 e.